The van der Waals surface area contributed by atoms with E-state index in [4.69, 9.17) is 23.2 Å². The quantitative estimate of drug-likeness (QED) is 0.470. The van der Waals surface area contributed by atoms with Gasteiger partial charge in [-0.25, -0.2) is 8.42 Å². The second-order valence-corrected chi connectivity index (χ2v) is 11.0. The number of rotatable bonds is 11. The number of hydrogen-bond acceptors (Lipinski definition) is 4. The third kappa shape index (κ3) is 7.18. The Morgan fingerprint density at radius 2 is 1.62 bits per heavy atom. The van der Waals surface area contributed by atoms with Crippen LogP contribution in [-0.4, -0.2) is 55.1 Å². The van der Waals surface area contributed by atoms with Gasteiger partial charge in [0.2, 0.25) is 21.8 Å². The highest BCUT2D eigenvalue weighted by molar-refractivity contribution is 7.89. The minimum Gasteiger partial charge on any atom is -0.352 e. The number of carbonyl (C=O) groups excluding carboxylic acids is 2. The maximum atomic E-state index is 13.4. The van der Waals surface area contributed by atoms with Crippen LogP contribution in [-0.2, 0) is 26.2 Å². The van der Waals surface area contributed by atoms with Crippen LogP contribution in [0.2, 0.25) is 10.0 Å². The van der Waals surface area contributed by atoms with Crippen molar-refractivity contribution in [2.75, 3.05) is 13.6 Å². The molecule has 0 aliphatic heterocycles. The lowest BCUT2D eigenvalue weighted by Crippen LogP contribution is -2.53. The summed E-state index contributed by atoms with van der Waals surface area (Å²) in [6.45, 7) is 5.27. The molecule has 0 unspecified atom stereocenters. The Balaban J connectivity index is 2.34. The molecule has 0 aromatic heterocycles. The number of nitrogens with zero attached hydrogens (tertiary/aromatic N) is 2. The molecule has 2 aromatic carbocycles. The van der Waals surface area contributed by atoms with Gasteiger partial charge in [0.05, 0.1) is 11.4 Å². The van der Waals surface area contributed by atoms with E-state index < -0.39 is 28.5 Å². The molecule has 2 rings (SSSR count). The van der Waals surface area contributed by atoms with Crippen molar-refractivity contribution in [1.82, 2.24) is 14.5 Å². The molecule has 0 saturated heterocycles. The Kier molecular flexibility index (Phi) is 10.4. The normalized spacial score (nSPS) is 13.4. The third-order valence-corrected chi connectivity index (χ3v) is 8.00. The van der Waals surface area contributed by atoms with Gasteiger partial charge in [-0.15, -0.1) is 0 Å². The van der Waals surface area contributed by atoms with Gasteiger partial charge < -0.3 is 10.2 Å². The maximum Gasteiger partial charge on any atom is 0.243 e. The number of carbonyl (C=O) groups is 2. The van der Waals surface area contributed by atoms with Gasteiger partial charge >= 0.3 is 0 Å². The minimum absolute atomic E-state index is 0.0198. The van der Waals surface area contributed by atoms with Gasteiger partial charge in [-0.05, 0) is 55.7 Å². The van der Waals surface area contributed by atoms with Gasteiger partial charge in [0.25, 0.3) is 0 Å². The first-order chi connectivity index (χ1) is 16.0. The molecule has 34 heavy (non-hydrogen) atoms. The van der Waals surface area contributed by atoms with Crippen LogP contribution in [0.15, 0.2) is 53.4 Å². The first-order valence-electron chi connectivity index (χ1n) is 11.1. The molecular weight excluding hydrogens is 497 g/mol. The summed E-state index contributed by atoms with van der Waals surface area (Å²) in [7, 11) is -2.61. The SMILES string of the molecule is CC[C@@H](C)NC(=O)[C@@H](CC)N(Cc1ccccc1Cl)C(=O)CN(C)S(=O)(=O)c1ccc(Cl)cc1. The van der Waals surface area contributed by atoms with E-state index in [2.05, 4.69) is 5.32 Å². The topological polar surface area (TPSA) is 86.8 Å². The Morgan fingerprint density at radius 1 is 1.00 bits per heavy atom. The highest BCUT2D eigenvalue weighted by Gasteiger charge is 2.32. The van der Waals surface area contributed by atoms with Crippen molar-refractivity contribution in [3.05, 3.63) is 64.1 Å². The minimum atomic E-state index is -3.94. The van der Waals surface area contributed by atoms with Crippen molar-refractivity contribution in [3.8, 4) is 0 Å². The Labute approximate surface area is 212 Å². The van der Waals surface area contributed by atoms with Crippen LogP contribution >= 0.6 is 23.2 Å². The van der Waals surface area contributed by atoms with Crippen LogP contribution in [0.1, 0.15) is 39.2 Å². The van der Waals surface area contributed by atoms with E-state index in [0.717, 1.165) is 10.7 Å². The fourth-order valence-corrected chi connectivity index (χ4v) is 4.77. The van der Waals surface area contributed by atoms with E-state index in [1.807, 2.05) is 20.8 Å². The first kappa shape index (κ1) is 28.1. The summed E-state index contributed by atoms with van der Waals surface area (Å²) in [6.07, 6.45) is 1.09. The molecule has 1 N–H and O–H groups in total. The molecule has 2 atom stereocenters. The first-order valence-corrected chi connectivity index (χ1v) is 13.3. The molecule has 0 fully saturated rings. The molecule has 0 bridgehead atoms. The summed E-state index contributed by atoms with van der Waals surface area (Å²) in [5, 5.41) is 3.78. The highest BCUT2D eigenvalue weighted by atomic mass is 35.5. The molecule has 0 spiro atoms. The van der Waals surface area contributed by atoms with Crippen LogP contribution in [0.3, 0.4) is 0 Å². The summed E-state index contributed by atoms with van der Waals surface area (Å²) < 4.78 is 26.9. The standard InChI is InChI=1S/C24H31Cl2N3O4S/c1-5-17(3)27-24(31)22(6-2)29(15-18-9-7-8-10-21(18)26)23(30)16-28(4)34(32,33)20-13-11-19(25)12-14-20/h7-14,17,22H,5-6,15-16H2,1-4H3,(H,27,31)/t17-,22-/m1/s1. The number of likely N-dealkylation sites (N-methyl/N-ethyl adjacent to an activating group) is 1. The van der Waals surface area contributed by atoms with Gasteiger partial charge in [-0.1, -0.05) is 55.2 Å². The van der Waals surface area contributed by atoms with Crippen LogP contribution in [0.5, 0.6) is 0 Å². The van der Waals surface area contributed by atoms with Crippen LogP contribution in [0, 0.1) is 0 Å². The molecule has 0 radical (unpaired) electrons. The van der Waals surface area contributed by atoms with Crippen molar-refractivity contribution < 1.29 is 18.0 Å². The predicted molar refractivity (Wildman–Crippen MR) is 135 cm³/mol. The average molecular weight is 529 g/mol. The average Bonchev–Trinajstić information content (AvgIpc) is 2.80. The number of benzene rings is 2. The summed E-state index contributed by atoms with van der Waals surface area (Å²) in [6, 6.07) is 11.9. The molecule has 7 nitrogen and oxygen atoms in total. The van der Waals surface area contributed by atoms with Crippen molar-refractivity contribution in [2.45, 2.75) is 57.1 Å². The lowest BCUT2D eigenvalue weighted by Gasteiger charge is -2.32. The van der Waals surface area contributed by atoms with E-state index in [9.17, 15) is 18.0 Å². The number of sulfonamides is 1. The zero-order valence-electron chi connectivity index (χ0n) is 19.8. The lowest BCUT2D eigenvalue weighted by molar-refractivity contribution is -0.141. The Hall–Kier alpha value is -2.13. The van der Waals surface area contributed by atoms with Gasteiger partial charge in [0.1, 0.15) is 6.04 Å². The molecule has 186 valence electrons. The van der Waals surface area contributed by atoms with Crippen molar-refractivity contribution >= 4 is 45.0 Å². The Morgan fingerprint density at radius 3 is 2.18 bits per heavy atom. The van der Waals surface area contributed by atoms with Crippen LogP contribution in [0.25, 0.3) is 0 Å². The summed E-state index contributed by atoms with van der Waals surface area (Å²) in [5.41, 5.74) is 0.663. The fourth-order valence-electron chi connectivity index (χ4n) is 3.32. The predicted octanol–water partition coefficient (Wildman–Crippen LogP) is 4.34. The van der Waals surface area contributed by atoms with E-state index in [0.29, 0.717) is 22.0 Å². The molecule has 10 heteroatoms. The van der Waals surface area contributed by atoms with Gasteiger partial charge in [-0.3, -0.25) is 9.59 Å². The van der Waals surface area contributed by atoms with Crippen molar-refractivity contribution in [2.24, 2.45) is 0 Å². The highest BCUT2D eigenvalue weighted by Crippen LogP contribution is 2.21. The number of halogens is 2. The number of amides is 2. The maximum absolute atomic E-state index is 13.4. The van der Waals surface area contributed by atoms with Crippen LogP contribution < -0.4 is 5.32 Å². The van der Waals surface area contributed by atoms with Crippen molar-refractivity contribution in [3.63, 3.8) is 0 Å². The molecule has 0 heterocycles. The monoisotopic (exact) mass is 527 g/mol. The number of hydrogen-bond donors (Lipinski definition) is 1. The summed E-state index contributed by atoms with van der Waals surface area (Å²) in [4.78, 5) is 27.9. The van der Waals surface area contributed by atoms with E-state index in [1.54, 1.807) is 24.3 Å². The lowest BCUT2D eigenvalue weighted by atomic mass is 10.1. The smallest absolute Gasteiger partial charge is 0.243 e. The van der Waals surface area contributed by atoms with Gasteiger partial charge in [-0.2, -0.15) is 4.31 Å². The summed E-state index contributed by atoms with van der Waals surface area (Å²) >= 11 is 12.2. The molecule has 0 aliphatic carbocycles. The fraction of sp³-hybridized carbons (Fsp3) is 0.417. The molecule has 2 amide bonds. The molecule has 0 aliphatic rings. The van der Waals surface area contributed by atoms with E-state index >= 15 is 0 Å². The number of nitrogens with one attached hydrogen (secondary N) is 1. The molecule has 0 saturated carbocycles. The van der Waals surface area contributed by atoms with Gasteiger partial charge in [0, 0.05) is 29.7 Å². The molecular formula is C24H31Cl2N3O4S. The van der Waals surface area contributed by atoms with E-state index in [-0.39, 0.29) is 23.4 Å². The van der Waals surface area contributed by atoms with Crippen molar-refractivity contribution in [1.29, 1.82) is 0 Å². The zero-order chi connectivity index (χ0) is 25.5. The second kappa shape index (κ2) is 12.5. The largest absolute Gasteiger partial charge is 0.352 e. The van der Waals surface area contributed by atoms with Gasteiger partial charge in [0.15, 0.2) is 0 Å². The second-order valence-electron chi connectivity index (χ2n) is 8.07. The molecule has 2 aromatic rings. The third-order valence-electron chi connectivity index (χ3n) is 5.57. The zero-order valence-corrected chi connectivity index (χ0v) is 22.1. The Bertz CT molecular complexity index is 1090. The summed E-state index contributed by atoms with van der Waals surface area (Å²) in [5.74, 6) is -0.799. The van der Waals surface area contributed by atoms with E-state index in [1.165, 1.54) is 36.2 Å². The van der Waals surface area contributed by atoms with Crippen LogP contribution in [0.4, 0.5) is 0 Å².